The lowest BCUT2D eigenvalue weighted by molar-refractivity contribution is -0.167. The maximum absolute atomic E-state index is 12.8. The molecule has 0 aromatic heterocycles. The lowest BCUT2D eigenvalue weighted by Gasteiger charge is -2.18. The molecular formula is C60H100O6. The Morgan fingerprint density at radius 1 is 0.318 bits per heavy atom. The highest BCUT2D eigenvalue weighted by atomic mass is 16.6. The first-order valence-corrected chi connectivity index (χ1v) is 27.2. The van der Waals surface area contributed by atoms with Crippen molar-refractivity contribution in [3.05, 3.63) is 97.2 Å². The van der Waals surface area contributed by atoms with E-state index in [1.807, 2.05) is 0 Å². The van der Waals surface area contributed by atoms with Crippen LogP contribution in [0.3, 0.4) is 0 Å². The molecule has 0 amide bonds. The summed E-state index contributed by atoms with van der Waals surface area (Å²) in [5.41, 5.74) is 0. The molecule has 0 saturated carbocycles. The van der Waals surface area contributed by atoms with E-state index in [1.165, 1.54) is 83.5 Å². The normalized spacial score (nSPS) is 12.8. The standard InChI is InChI=1S/C60H100O6/c1-4-7-10-13-16-19-22-25-27-29-31-32-35-38-41-44-47-50-53-59(62)65-56-57(55-64-58(61)52-49-46-43-40-37-34-24-21-18-15-12-9-6-3)66-60(63)54-51-48-45-42-39-36-33-30-28-26-23-20-17-14-11-8-5-2/h8-9,11-12,17-18,20-21,26-29,33-34,36-37,57H,4-7,10,13-16,19,22-25,30-32,35,38-56H2,1-3H3/b11-8-,12-9-,20-17-,21-18-,28-26-,29-27-,36-33-,37-34-. The number of carbonyl (C=O) groups excluding carboxylic acids is 3. The zero-order valence-electron chi connectivity index (χ0n) is 42.9. The van der Waals surface area contributed by atoms with Crippen LogP contribution in [0.25, 0.3) is 0 Å². The van der Waals surface area contributed by atoms with E-state index in [9.17, 15) is 14.4 Å². The molecule has 0 rings (SSSR count). The lowest BCUT2D eigenvalue weighted by atomic mass is 10.1. The zero-order valence-corrected chi connectivity index (χ0v) is 42.9. The second kappa shape index (κ2) is 53.9. The molecular weight excluding hydrogens is 817 g/mol. The summed E-state index contributed by atoms with van der Waals surface area (Å²) < 4.78 is 16.8. The van der Waals surface area contributed by atoms with Gasteiger partial charge in [-0.3, -0.25) is 14.4 Å². The SMILES string of the molecule is CC/C=C\C/C=C\C/C=C\C/C=C\CCCCCCC(=O)OC(COC(=O)CCCCC/C=C\C/C=C\C/C=C\CC)COC(=O)CCCCCCCCC/C=C\CCCCCCCCC. The van der Waals surface area contributed by atoms with Crippen LogP contribution in [-0.4, -0.2) is 37.2 Å². The molecule has 0 aliphatic heterocycles. The van der Waals surface area contributed by atoms with Crippen molar-refractivity contribution in [2.75, 3.05) is 13.2 Å². The van der Waals surface area contributed by atoms with Gasteiger partial charge in [-0.25, -0.2) is 0 Å². The Balaban J connectivity index is 4.46. The summed E-state index contributed by atoms with van der Waals surface area (Å²) in [5.74, 6) is -0.959. The summed E-state index contributed by atoms with van der Waals surface area (Å²) >= 11 is 0. The largest absolute Gasteiger partial charge is 0.462 e. The topological polar surface area (TPSA) is 78.9 Å². The Kier molecular flexibility index (Phi) is 50.9. The second-order valence-electron chi connectivity index (χ2n) is 17.7. The Hall–Kier alpha value is -3.67. The minimum absolute atomic E-state index is 0.100. The van der Waals surface area contributed by atoms with Crippen molar-refractivity contribution in [2.24, 2.45) is 0 Å². The van der Waals surface area contributed by atoms with Gasteiger partial charge in [-0.05, 0) is 116 Å². The van der Waals surface area contributed by atoms with Gasteiger partial charge < -0.3 is 14.2 Å². The number of rotatable bonds is 48. The van der Waals surface area contributed by atoms with Crippen molar-refractivity contribution in [2.45, 2.75) is 252 Å². The summed E-state index contributed by atoms with van der Waals surface area (Å²) in [6.07, 6.45) is 71.1. The molecule has 0 saturated heterocycles. The molecule has 376 valence electrons. The molecule has 0 radical (unpaired) electrons. The summed E-state index contributed by atoms with van der Waals surface area (Å²) in [6.45, 7) is 6.36. The van der Waals surface area contributed by atoms with E-state index in [-0.39, 0.29) is 31.1 Å². The molecule has 0 bridgehead atoms. The molecule has 0 aromatic rings. The summed E-state index contributed by atoms with van der Waals surface area (Å²) in [4.78, 5) is 38.1. The molecule has 0 aliphatic carbocycles. The van der Waals surface area contributed by atoms with Gasteiger partial charge in [0.1, 0.15) is 13.2 Å². The fourth-order valence-electron chi connectivity index (χ4n) is 7.27. The van der Waals surface area contributed by atoms with E-state index < -0.39 is 6.10 Å². The number of unbranched alkanes of at least 4 members (excludes halogenated alkanes) is 21. The van der Waals surface area contributed by atoms with Crippen LogP contribution < -0.4 is 0 Å². The van der Waals surface area contributed by atoms with Crippen LogP contribution in [0.2, 0.25) is 0 Å². The van der Waals surface area contributed by atoms with E-state index in [2.05, 4.69) is 118 Å². The molecule has 0 fully saturated rings. The van der Waals surface area contributed by atoms with Gasteiger partial charge in [-0.2, -0.15) is 0 Å². The number of hydrogen-bond acceptors (Lipinski definition) is 6. The van der Waals surface area contributed by atoms with Gasteiger partial charge in [0.05, 0.1) is 0 Å². The van der Waals surface area contributed by atoms with Crippen molar-refractivity contribution in [3.8, 4) is 0 Å². The first kappa shape index (κ1) is 62.3. The second-order valence-corrected chi connectivity index (χ2v) is 17.7. The van der Waals surface area contributed by atoms with Crippen molar-refractivity contribution < 1.29 is 28.6 Å². The first-order valence-electron chi connectivity index (χ1n) is 27.2. The van der Waals surface area contributed by atoms with Gasteiger partial charge >= 0.3 is 17.9 Å². The number of carbonyl (C=O) groups is 3. The van der Waals surface area contributed by atoms with E-state index in [0.717, 1.165) is 122 Å². The van der Waals surface area contributed by atoms with Gasteiger partial charge in [-0.15, -0.1) is 0 Å². The number of hydrogen-bond donors (Lipinski definition) is 0. The Morgan fingerprint density at radius 2 is 0.591 bits per heavy atom. The van der Waals surface area contributed by atoms with Crippen molar-refractivity contribution in [1.29, 1.82) is 0 Å². The molecule has 0 aromatic carbocycles. The van der Waals surface area contributed by atoms with E-state index in [4.69, 9.17) is 14.2 Å². The number of ether oxygens (including phenoxy) is 3. The van der Waals surface area contributed by atoms with Gasteiger partial charge in [0.25, 0.3) is 0 Å². The van der Waals surface area contributed by atoms with Crippen molar-refractivity contribution in [1.82, 2.24) is 0 Å². The molecule has 0 N–H and O–H groups in total. The molecule has 0 aliphatic rings. The highest BCUT2D eigenvalue weighted by Gasteiger charge is 2.19. The van der Waals surface area contributed by atoms with E-state index in [1.54, 1.807) is 0 Å². The van der Waals surface area contributed by atoms with Crippen molar-refractivity contribution >= 4 is 17.9 Å². The monoisotopic (exact) mass is 917 g/mol. The van der Waals surface area contributed by atoms with Gasteiger partial charge in [0, 0.05) is 19.3 Å². The molecule has 66 heavy (non-hydrogen) atoms. The maximum atomic E-state index is 12.8. The predicted molar refractivity (Wildman–Crippen MR) is 284 cm³/mol. The molecule has 6 nitrogen and oxygen atoms in total. The minimum Gasteiger partial charge on any atom is -0.462 e. The highest BCUT2D eigenvalue weighted by molar-refractivity contribution is 5.71. The van der Waals surface area contributed by atoms with Crippen molar-refractivity contribution in [3.63, 3.8) is 0 Å². The van der Waals surface area contributed by atoms with Crippen LogP contribution in [0, 0.1) is 0 Å². The van der Waals surface area contributed by atoms with Crippen LogP contribution in [0.4, 0.5) is 0 Å². The third-order valence-corrected chi connectivity index (χ3v) is 11.3. The fourth-order valence-corrected chi connectivity index (χ4v) is 7.27. The minimum atomic E-state index is -0.805. The van der Waals surface area contributed by atoms with Gasteiger partial charge in [0.15, 0.2) is 6.10 Å². The third-order valence-electron chi connectivity index (χ3n) is 11.3. The summed E-state index contributed by atoms with van der Waals surface area (Å²) in [7, 11) is 0. The average molecular weight is 917 g/mol. The number of allylic oxidation sites excluding steroid dienone is 16. The van der Waals surface area contributed by atoms with Crippen LogP contribution in [0.5, 0.6) is 0 Å². The third kappa shape index (κ3) is 51.3. The molecule has 1 unspecified atom stereocenters. The fraction of sp³-hybridized carbons (Fsp3) is 0.683. The average Bonchev–Trinajstić information content (AvgIpc) is 3.31. The van der Waals surface area contributed by atoms with Crippen LogP contribution in [0.15, 0.2) is 97.2 Å². The zero-order chi connectivity index (χ0) is 47.9. The van der Waals surface area contributed by atoms with Crippen LogP contribution in [0.1, 0.15) is 245 Å². The highest BCUT2D eigenvalue weighted by Crippen LogP contribution is 2.14. The van der Waals surface area contributed by atoms with E-state index in [0.29, 0.717) is 19.3 Å². The van der Waals surface area contributed by atoms with Crippen LogP contribution in [-0.2, 0) is 28.6 Å². The lowest BCUT2D eigenvalue weighted by Crippen LogP contribution is -2.30. The number of esters is 3. The molecule has 1 atom stereocenters. The molecule has 0 spiro atoms. The molecule has 6 heteroatoms. The van der Waals surface area contributed by atoms with Gasteiger partial charge in [0.2, 0.25) is 0 Å². The summed E-state index contributed by atoms with van der Waals surface area (Å²) in [6, 6.07) is 0. The smallest absolute Gasteiger partial charge is 0.306 e. The van der Waals surface area contributed by atoms with E-state index >= 15 is 0 Å². The first-order chi connectivity index (χ1) is 32.5. The Bertz CT molecular complexity index is 1330. The van der Waals surface area contributed by atoms with Crippen LogP contribution >= 0.6 is 0 Å². The molecule has 0 heterocycles. The van der Waals surface area contributed by atoms with Gasteiger partial charge in [-0.1, -0.05) is 208 Å². The summed E-state index contributed by atoms with van der Waals surface area (Å²) in [5, 5.41) is 0. The Morgan fingerprint density at radius 3 is 0.955 bits per heavy atom. The Labute approximate surface area is 407 Å². The quantitative estimate of drug-likeness (QED) is 0.0262. The predicted octanol–water partition coefficient (Wildman–Crippen LogP) is 18.1. The maximum Gasteiger partial charge on any atom is 0.306 e.